The summed E-state index contributed by atoms with van der Waals surface area (Å²) in [6.45, 7) is 1.75. The van der Waals surface area contributed by atoms with Crippen LogP contribution in [0.2, 0.25) is 0 Å². The van der Waals surface area contributed by atoms with Gasteiger partial charge in [-0.25, -0.2) is 0 Å². The van der Waals surface area contributed by atoms with Gasteiger partial charge in [0.2, 0.25) is 0 Å². The molecule has 2 aromatic carbocycles. The van der Waals surface area contributed by atoms with Crippen molar-refractivity contribution in [2.45, 2.75) is 57.2 Å². The third kappa shape index (κ3) is 8.46. The molecule has 0 aromatic heterocycles. The highest BCUT2D eigenvalue weighted by Crippen LogP contribution is 2.18. The Bertz CT molecular complexity index is 759. The predicted octanol–water partition coefficient (Wildman–Crippen LogP) is 4.67. The van der Waals surface area contributed by atoms with Crippen LogP contribution in [0, 0.1) is 0 Å². The van der Waals surface area contributed by atoms with Crippen molar-refractivity contribution in [3.63, 3.8) is 0 Å². The van der Waals surface area contributed by atoms with Crippen LogP contribution in [-0.2, 0) is 27.4 Å². The molecule has 2 aromatic rings. The first-order valence-electron chi connectivity index (χ1n) is 11.1. The van der Waals surface area contributed by atoms with Crippen molar-refractivity contribution < 1.29 is 24.1 Å². The monoisotopic (exact) mass is 426 g/mol. The predicted molar refractivity (Wildman–Crippen MR) is 121 cm³/mol. The van der Waals surface area contributed by atoms with Crippen molar-refractivity contribution in [3.05, 3.63) is 77.9 Å². The van der Waals surface area contributed by atoms with Crippen molar-refractivity contribution >= 4 is 0 Å². The number of rotatable bonds is 10. The third-order valence-corrected chi connectivity index (χ3v) is 5.36. The molecule has 3 rings (SSSR count). The van der Waals surface area contributed by atoms with E-state index in [-0.39, 0.29) is 18.8 Å². The molecule has 3 atom stereocenters. The minimum atomic E-state index is -0.697. The molecule has 0 saturated carbocycles. The van der Waals surface area contributed by atoms with Crippen LogP contribution >= 0.6 is 0 Å². The number of hydrogen-bond acceptors (Lipinski definition) is 5. The van der Waals surface area contributed by atoms with E-state index in [1.807, 2.05) is 42.5 Å². The maximum atomic E-state index is 10.7. The first-order chi connectivity index (χ1) is 15.2. The maximum absolute atomic E-state index is 10.7. The van der Waals surface area contributed by atoms with Gasteiger partial charge in [-0.05, 0) is 48.9 Å². The Morgan fingerprint density at radius 1 is 0.968 bits per heavy atom. The van der Waals surface area contributed by atoms with E-state index in [9.17, 15) is 5.11 Å². The van der Waals surface area contributed by atoms with Crippen LogP contribution in [0.25, 0.3) is 0 Å². The zero-order valence-corrected chi connectivity index (χ0v) is 18.3. The molecule has 31 heavy (non-hydrogen) atoms. The van der Waals surface area contributed by atoms with Gasteiger partial charge in [0.05, 0.1) is 45.7 Å². The van der Waals surface area contributed by atoms with Gasteiger partial charge in [-0.2, -0.15) is 0 Å². The summed E-state index contributed by atoms with van der Waals surface area (Å²) < 4.78 is 23.1. The fraction of sp³-hybridized carbons (Fsp3) is 0.462. The standard InChI is InChI=1S/C26H34O5/c1-28-23-15-13-22(14-16-23)18-30-20-25(27)26-12-8-3-2-7-11-24(31-26)19-29-17-21-9-5-4-6-10-21/h3-6,8-10,13-16,24-27H,2,7,11-12,17-20H2,1H3/b8-3-/t24-,25-,26-/m0/s1. The van der Waals surface area contributed by atoms with Gasteiger partial charge in [-0.1, -0.05) is 54.6 Å². The van der Waals surface area contributed by atoms with Crippen molar-refractivity contribution in [1.82, 2.24) is 0 Å². The van der Waals surface area contributed by atoms with Gasteiger partial charge in [0.1, 0.15) is 11.9 Å². The molecule has 5 nitrogen and oxygen atoms in total. The minimum Gasteiger partial charge on any atom is -0.497 e. The minimum absolute atomic E-state index is 0.0372. The SMILES string of the molecule is COc1ccc(COC[C@H](O)[C@@H]2C/C=C\CCC[C@@H](COCc3ccccc3)O2)cc1. The summed E-state index contributed by atoms with van der Waals surface area (Å²) in [4.78, 5) is 0. The van der Waals surface area contributed by atoms with Crippen LogP contribution in [0.15, 0.2) is 66.7 Å². The van der Waals surface area contributed by atoms with Gasteiger partial charge in [0, 0.05) is 0 Å². The van der Waals surface area contributed by atoms with Gasteiger partial charge in [0.15, 0.2) is 0 Å². The summed E-state index contributed by atoms with van der Waals surface area (Å²) >= 11 is 0. The Morgan fingerprint density at radius 3 is 2.48 bits per heavy atom. The largest absolute Gasteiger partial charge is 0.497 e. The zero-order valence-electron chi connectivity index (χ0n) is 18.3. The fourth-order valence-corrected chi connectivity index (χ4v) is 3.56. The fourth-order valence-electron chi connectivity index (χ4n) is 3.56. The second-order valence-electron chi connectivity index (χ2n) is 7.87. The van der Waals surface area contributed by atoms with E-state index in [1.54, 1.807) is 7.11 Å². The molecule has 0 saturated heterocycles. The number of methoxy groups -OCH3 is 1. The van der Waals surface area contributed by atoms with Crippen LogP contribution in [0.5, 0.6) is 5.75 Å². The van der Waals surface area contributed by atoms with E-state index in [4.69, 9.17) is 18.9 Å². The lowest BCUT2D eigenvalue weighted by molar-refractivity contribution is -0.121. The number of aliphatic hydroxyl groups is 1. The van der Waals surface area contributed by atoms with Crippen molar-refractivity contribution in [3.8, 4) is 5.75 Å². The summed E-state index contributed by atoms with van der Waals surface area (Å²) in [5.74, 6) is 0.815. The summed E-state index contributed by atoms with van der Waals surface area (Å²) in [6.07, 6.45) is 6.89. The zero-order chi connectivity index (χ0) is 21.7. The lowest BCUT2D eigenvalue weighted by Gasteiger charge is -2.27. The summed E-state index contributed by atoms with van der Waals surface area (Å²) in [6, 6.07) is 17.9. The molecule has 0 amide bonds. The van der Waals surface area contributed by atoms with Gasteiger partial charge in [-0.15, -0.1) is 0 Å². The topological polar surface area (TPSA) is 57.2 Å². The highest BCUT2D eigenvalue weighted by molar-refractivity contribution is 5.26. The van der Waals surface area contributed by atoms with E-state index >= 15 is 0 Å². The van der Waals surface area contributed by atoms with E-state index < -0.39 is 6.10 Å². The molecule has 0 aliphatic carbocycles. The van der Waals surface area contributed by atoms with Gasteiger partial charge in [-0.3, -0.25) is 0 Å². The third-order valence-electron chi connectivity index (χ3n) is 5.36. The molecule has 0 fully saturated rings. The van der Waals surface area contributed by atoms with Gasteiger partial charge in [0.25, 0.3) is 0 Å². The Morgan fingerprint density at radius 2 is 1.71 bits per heavy atom. The number of benzene rings is 2. The molecule has 1 aliphatic rings. The lowest BCUT2D eigenvalue weighted by Crippen LogP contribution is -2.37. The van der Waals surface area contributed by atoms with Crippen molar-refractivity contribution in [2.75, 3.05) is 20.3 Å². The summed E-state index contributed by atoms with van der Waals surface area (Å²) in [7, 11) is 1.65. The molecule has 168 valence electrons. The highest BCUT2D eigenvalue weighted by atomic mass is 16.6. The first-order valence-corrected chi connectivity index (χ1v) is 11.1. The quantitative estimate of drug-likeness (QED) is 0.560. The molecule has 0 spiro atoms. The molecular formula is C26H34O5. The number of allylic oxidation sites excluding steroid dienone is 1. The number of hydrogen-bond donors (Lipinski definition) is 1. The van der Waals surface area contributed by atoms with Crippen molar-refractivity contribution in [1.29, 1.82) is 0 Å². The van der Waals surface area contributed by atoms with Crippen LogP contribution in [-0.4, -0.2) is 43.7 Å². The number of aliphatic hydroxyl groups excluding tert-OH is 1. The average Bonchev–Trinajstić information content (AvgIpc) is 2.92. The second-order valence-corrected chi connectivity index (χ2v) is 7.87. The van der Waals surface area contributed by atoms with E-state index in [0.717, 1.165) is 36.1 Å². The molecular weight excluding hydrogens is 392 g/mol. The molecule has 0 radical (unpaired) electrons. The maximum Gasteiger partial charge on any atom is 0.118 e. The average molecular weight is 427 g/mol. The molecule has 5 heteroatoms. The Balaban J connectivity index is 1.46. The van der Waals surface area contributed by atoms with Crippen LogP contribution in [0.3, 0.4) is 0 Å². The second kappa shape index (κ2) is 13.3. The van der Waals surface area contributed by atoms with Crippen LogP contribution < -0.4 is 4.74 Å². The molecule has 1 N–H and O–H groups in total. The summed E-state index contributed by atoms with van der Waals surface area (Å²) in [5.41, 5.74) is 2.19. The van der Waals surface area contributed by atoms with Gasteiger partial charge < -0.3 is 24.1 Å². The van der Waals surface area contributed by atoms with E-state index in [0.29, 0.717) is 26.2 Å². The molecule has 0 unspecified atom stereocenters. The molecule has 1 heterocycles. The van der Waals surface area contributed by atoms with E-state index in [1.165, 1.54) is 0 Å². The van der Waals surface area contributed by atoms with Crippen LogP contribution in [0.1, 0.15) is 36.8 Å². The van der Waals surface area contributed by atoms with Crippen LogP contribution in [0.4, 0.5) is 0 Å². The normalized spacial score (nSPS) is 21.5. The first kappa shape index (κ1) is 23.5. The molecule has 1 aliphatic heterocycles. The van der Waals surface area contributed by atoms with Gasteiger partial charge >= 0.3 is 0 Å². The smallest absolute Gasteiger partial charge is 0.118 e. The number of ether oxygens (including phenoxy) is 4. The lowest BCUT2D eigenvalue weighted by atomic mass is 10.1. The Hall–Kier alpha value is -2.18. The van der Waals surface area contributed by atoms with E-state index in [2.05, 4.69) is 24.3 Å². The van der Waals surface area contributed by atoms with Crippen molar-refractivity contribution in [2.24, 2.45) is 0 Å². The Kier molecular flexibility index (Phi) is 10.1. The Labute approximate surface area is 185 Å². The molecule has 0 bridgehead atoms. The summed E-state index contributed by atoms with van der Waals surface area (Å²) in [5, 5.41) is 10.7. The highest BCUT2D eigenvalue weighted by Gasteiger charge is 2.24.